The van der Waals surface area contributed by atoms with E-state index >= 15 is 0 Å². The summed E-state index contributed by atoms with van der Waals surface area (Å²) in [5.41, 5.74) is 9.29. The van der Waals surface area contributed by atoms with Gasteiger partial charge in [-0.2, -0.15) is 0 Å². The van der Waals surface area contributed by atoms with Crippen LogP contribution in [0, 0.1) is 0 Å². The van der Waals surface area contributed by atoms with Crippen LogP contribution in [0.2, 0.25) is 0 Å². The van der Waals surface area contributed by atoms with Crippen molar-refractivity contribution in [2.45, 2.75) is 38.6 Å². The zero-order valence-electron chi connectivity index (χ0n) is 19.3. The minimum absolute atomic E-state index is 0.207. The van der Waals surface area contributed by atoms with E-state index in [1.54, 1.807) is 0 Å². The molecular weight excluding hydrogens is 426 g/mol. The number of rotatable bonds is 4. The number of hydrogen-bond acceptors (Lipinski definition) is 5. The molecule has 5 nitrogen and oxygen atoms in total. The maximum atomic E-state index is 5.99. The number of fused-ring (bicyclic) bond motifs is 7. The van der Waals surface area contributed by atoms with Gasteiger partial charge >= 0.3 is 0 Å². The summed E-state index contributed by atoms with van der Waals surface area (Å²) in [7, 11) is 0. The summed E-state index contributed by atoms with van der Waals surface area (Å²) < 4.78 is 23.2. The quantitative estimate of drug-likeness (QED) is 0.487. The molecule has 34 heavy (non-hydrogen) atoms. The average molecular weight is 454 g/mol. The third-order valence-electron chi connectivity index (χ3n) is 7.57. The van der Waals surface area contributed by atoms with Gasteiger partial charge in [0, 0.05) is 23.4 Å². The van der Waals surface area contributed by atoms with Crippen molar-refractivity contribution in [2.24, 2.45) is 0 Å². The van der Waals surface area contributed by atoms with E-state index in [0.717, 1.165) is 55.2 Å². The summed E-state index contributed by atoms with van der Waals surface area (Å²) >= 11 is 0. The molecule has 7 rings (SSSR count). The second-order valence-electron chi connectivity index (χ2n) is 9.41. The first kappa shape index (κ1) is 19.8. The van der Waals surface area contributed by atoms with E-state index in [2.05, 4.69) is 66.4 Å². The molecule has 0 fully saturated rings. The monoisotopic (exact) mass is 453 g/mol. The Hall–Kier alpha value is -3.60. The molecule has 0 amide bonds. The predicted octanol–water partition coefficient (Wildman–Crippen LogP) is 5.97. The lowest BCUT2D eigenvalue weighted by molar-refractivity contribution is 0.171. The normalized spacial score (nSPS) is 19.1. The highest BCUT2D eigenvalue weighted by Crippen LogP contribution is 2.54. The first-order valence-corrected chi connectivity index (χ1v) is 12.2. The molecule has 4 aliphatic heterocycles. The van der Waals surface area contributed by atoms with Crippen molar-refractivity contribution in [1.82, 2.24) is 4.90 Å². The van der Waals surface area contributed by atoms with Gasteiger partial charge < -0.3 is 23.8 Å². The first-order valence-electron chi connectivity index (χ1n) is 12.2. The van der Waals surface area contributed by atoms with E-state index in [9.17, 15) is 0 Å². The van der Waals surface area contributed by atoms with Crippen LogP contribution in [-0.2, 0) is 12.8 Å². The highest BCUT2D eigenvalue weighted by Gasteiger charge is 2.38. The lowest BCUT2D eigenvalue weighted by Crippen LogP contribution is -2.35. The highest BCUT2D eigenvalue weighted by molar-refractivity contribution is 5.95. The van der Waals surface area contributed by atoms with Gasteiger partial charge in [-0.15, -0.1) is 0 Å². The molecule has 3 aromatic carbocycles. The molecule has 0 saturated heterocycles. The summed E-state index contributed by atoms with van der Waals surface area (Å²) in [6.07, 6.45) is 4.12. The molecule has 0 spiro atoms. The number of allylic oxidation sites excluding steroid dienone is 1. The minimum Gasteiger partial charge on any atom is -0.454 e. The molecular formula is C29H27NO4. The van der Waals surface area contributed by atoms with Gasteiger partial charge in [0.2, 0.25) is 13.6 Å². The van der Waals surface area contributed by atoms with Crippen LogP contribution < -0.4 is 18.9 Å². The fourth-order valence-corrected chi connectivity index (χ4v) is 5.96. The Morgan fingerprint density at radius 3 is 2.50 bits per heavy atom. The molecule has 0 aromatic heterocycles. The summed E-state index contributed by atoms with van der Waals surface area (Å²) in [5, 5.41) is 0. The smallest absolute Gasteiger partial charge is 0.231 e. The van der Waals surface area contributed by atoms with Crippen molar-refractivity contribution < 1.29 is 18.9 Å². The molecule has 5 heteroatoms. The number of nitrogens with zero attached hydrogens (tertiary/aromatic N) is 1. The van der Waals surface area contributed by atoms with Gasteiger partial charge in [0.25, 0.3) is 0 Å². The maximum Gasteiger partial charge on any atom is 0.231 e. The molecule has 172 valence electrons. The molecule has 0 bridgehead atoms. The van der Waals surface area contributed by atoms with Crippen LogP contribution in [0.5, 0.6) is 23.0 Å². The summed E-state index contributed by atoms with van der Waals surface area (Å²) in [6.45, 7) is 3.85. The Labute approximate surface area is 199 Å². The molecule has 0 saturated carbocycles. The molecule has 4 aliphatic rings. The standard InChI is InChI=1S/C29H27NO4/c1-18-27-21(10-11-24-29(27)34-17-31-24)22(9-5-8-19-6-3-2-4-7-19)28-23-15-26-25(32-16-33-26)14-20(23)12-13-30(18)28/h2-4,6-7,10-11,14-15,18H,5,8-9,12-13,16-17H2,1H3. The van der Waals surface area contributed by atoms with Crippen LogP contribution in [0.3, 0.4) is 0 Å². The fourth-order valence-electron chi connectivity index (χ4n) is 5.96. The van der Waals surface area contributed by atoms with Gasteiger partial charge in [0.15, 0.2) is 23.0 Å². The van der Waals surface area contributed by atoms with E-state index in [4.69, 9.17) is 18.9 Å². The van der Waals surface area contributed by atoms with E-state index in [1.165, 1.54) is 39.1 Å². The van der Waals surface area contributed by atoms with E-state index in [0.29, 0.717) is 13.6 Å². The van der Waals surface area contributed by atoms with Crippen LogP contribution in [0.1, 0.15) is 53.6 Å². The Morgan fingerprint density at radius 2 is 1.62 bits per heavy atom. The van der Waals surface area contributed by atoms with Crippen LogP contribution in [-0.4, -0.2) is 25.0 Å². The second-order valence-corrected chi connectivity index (χ2v) is 9.41. The van der Waals surface area contributed by atoms with Gasteiger partial charge in [-0.25, -0.2) is 0 Å². The van der Waals surface area contributed by atoms with Crippen LogP contribution in [0.4, 0.5) is 0 Å². The molecule has 0 N–H and O–H groups in total. The van der Waals surface area contributed by atoms with Crippen molar-refractivity contribution in [3.05, 3.63) is 82.4 Å². The topological polar surface area (TPSA) is 40.2 Å². The Kier molecular flexibility index (Phi) is 4.51. The van der Waals surface area contributed by atoms with Gasteiger partial charge in [0.05, 0.1) is 6.04 Å². The van der Waals surface area contributed by atoms with Crippen molar-refractivity contribution in [3.8, 4) is 23.0 Å². The minimum atomic E-state index is 0.207. The molecule has 1 atom stereocenters. The molecule has 0 aliphatic carbocycles. The first-order chi connectivity index (χ1) is 16.8. The Morgan fingerprint density at radius 1 is 0.824 bits per heavy atom. The number of benzene rings is 3. The second kappa shape index (κ2) is 7.73. The highest BCUT2D eigenvalue weighted by atomic mass is 16.7. The molecule has 3 aromatic rings. The number of ether oxygens (including phenoxy) is 4. The molecule has 0 radical (unpaired) electrons. The summed E-state index contributed by atoms with van der Waals surface area (Å²) in [5.74, 6) is 3.49. The largest absolute Gasteiger partial charge is 0.454 e. The number of hydrogen-bond donors (Lipinski definition) is 0. The van der Waals surface area contributed by atoms with Crippen molar-refractivity contribution in [2.75, 3.05) is 20.1 Å². The summed E-state index contributed by atoms with van der Waals surface area (Å²) in [4.78, 5) is 2.56. The van der Waals surface area contributed by atoms with Gasteiger partial charge in [-0.05, 0) is 73.1 Å². The number of aryl methyl sites for hydroxylation is 1. The van der Waals surface area contributed by atoms with Gasteiger partial charge in [-0.3, -0.25) is 0 Å². The van der Waals surface area contributed by atoms with Crippen LogP contribution in [0.25, 0.3) is 11.3 Å². The molecule has 1 unspecified atom stereocenters. The lowest BCUT2D eigenvalue weighted by atomic mass is 9.80. The van der Waals surface area contributed by atoms with Crippen LogP contribution >= 0.6 is 0 Å². The zero-order valence-corrected chi connectivity index (χ0v) is 19.3. The average Bonchev–Trinajstić information content (AvgIpc) is 3.53. The van der Waals surface area contributed by atoms with Crippen LogP contribution in [0.15, 0.2) is 54.6 Å². The van der Waals surface area contributed by atoms with E-state index in [1.807, 2.05) is 0 Å². The zero-order chi connectivity index (χ0) is 22.6. The third kappa shape index (κ3) is 2.99. The van der Waals surface area contributed by atoms with Gasteiger partial charge in [-0.1, -0.05) is 36.4 Å². The van der Waals surface area contributed by atoms with E-state index < -0.39 is 0 Å². The van der Waals surface area contributed by atoms with Crippen molar-refractivity contribution in [3.63, 3.8) is 0 Å². The maximum absolute atomic E-state index is 5.99. The molecule has 4 heterocycles. The Balaban J connectivity index is 1.38. The van der Waals surface area contributed by atoms with E-state index in [-0.39, 0.29) is 6.04 Å². The summed E-state index contributed by atoms with van der Waals surface area (Å²) in [6, 6.07) is 19.7. The lowest BCUT2D eigenvalue weighted by Gasteiger charge is -2.44. The van der Waals surface area contributed by atoms with Gasteiger partial charge in [0.1, 0.15) is 0 Å². The third-order valence-corrected chi connectivity index (χ3v) is 7.57. The fraction of sp³-hybridized carbons (Fsp3) is 0.310. The predicted molar refractivity (Wildman–Crippen MR) is 130 cm³/mol. The SMILES string of the molecule is CC1c2c(ccc3c2OCO3)C(CCCc2ccccc2)=C2c3cc4c(cc3CCN21)OCO4. The van der Waals surface area contributed by atoms with Crippen molar-refractivity contribution in [1.29, 1.82) is 0 Å². The Bertz CT molecular complexity index is 1310. The van der Waals surface area contributed by atoms with Crippen molar-refractivity contribution >= 4 is 11.3 Å².